The first-order valence-electron chi connectivity index (χ1n) is 17.7. The average Bonchev–Trinajstić information content (AvgIpc) is 3.06. The van der Waals surface area contributed by atoms with Gasteiger partial charge in [0.2, 0.25) is 0 Å². The number of rotatable bonds is 15. The number of fused-ring (bicyclic) bond motifs is 4. The maximum absolute atomic E-state index is 2.48. The maximum Gasteiger partial charge on any atom is -0.00669 e. The van der Waals surface area contributed by atoms with Gasteiger partial charge >= 0.3 is 0 Å². The maximum atomic E-state index is 2.48. The smallest absolute Gasteiger partial charge is 0.00669 e. The quantitative estimate of drug-likeness (QED) is 0.0839. The number of aryl methyl sites for hydroxylation is 2. The lowest BCUT2D eigenvalue weighted by Crippen LogP contribution is -1.95. The molecule has 0 nitrogen and oxygen atoms in total. The van der Waals surface area contributed by atoms with Crippen LogP contribution in [0.15, 0.2) is 97.1 Å². The highest BCUT2D eigenvalue weighted by atomic mass is 14.2. The molecule has 0 aliphatic heterocycles. The molecule has 6 aromatic rings. The molecule has 0 saturated heterocycles. The Balaban J connectivity index is 1.40. The van der Waals surface area contributed by atoms with E-state index in [1.807, 2.05) is 0 Å². The average molecular weight is 579 g/mol. The fraction of sp³-hybridized carbons (Fsp3) is 0.364. The van der Waals surface area contributed by atoms with Gasteiger partial charge in [-0.1, -0.05) is 157 Å². The highest BCUT2D eigenvalue weighted by molar-refractivity contribution is 6.10. The first kappa shape index (κ1) is 30.4. The summed E-state index contributed by atoms with van der Waals surface area (Å²) in [6, 6.07) is 37.2. The molecule has 226 valence electrons. The third-order valence-electron chi connectivity index (χ3n) is 9.84. The van der Waals surface area contributed by atoms with Crippen molar-refractivity contribution in [3.8, 4) is 11.1 Å². The lowest BCUT2D eigenvalue weighted by molar-refractivity contribution is 0.609. The Labute approximate surface area is 265 Å². The van der Waals surface area contributed by atoms with E-state index in [9.17, 15) is 0 Å². The van der Waals surface area contributed by atoms with E-state index in [1.165, 1.54) is 142 Å². The molecule has 0 heterocycles. The standard InChI is InChI=1S/C44H50/c1-3-5-7-9-11-13-25-42-38-23-17-15-21-34(38)31-37-32-35(28-29-40(37)42)41-27-19-22-36-30-33-20-16-18-24-39(33)43(44(36)41)26-14-12-10-8-6-4-2/h15-24,27-32H,3-14,25-26H2,1-2H3. The van der Waals surface area contributed by atoms with Crippen LogP contribution in [0, 0.1) is 0 Å². The fourth-order valence-corrected chi connectivity index (χ4v) is 7.50. The zero-order valence-electron chi connectivity index (χ0n) is 27.1. The molecule has 0 N–H and O–H groups in total. The normalized spacial score (nSPS) is 11.8. The Kier molecular flexibility index (Phi) is 10.3. The van der Waals surface area contributed by atoms with Crippen LogP contribution in [-0.2, 0) is 12.8 Å². The van der Waals surface area contributed by atoms with Crippen LogP contribution in [0.5, 0.6) is 0 Å². The summed E-state index contributed by atoms with van der Waals surface area (Å²) in [5.41, 5.74) is 5.78. The van der Waals surface area contributed by atoms with Gasteiger partial charge < -0.3 is 0 Å². The molecule has 0 saturated carbocycles. The van der Waals surface area contributed by atoms with Crippen molar-refractivity contribution in [1.82, 2.24) is 0 Å². The van der Waals surface area contributed by atoms with Crippen molar-refractivity contribution in [3.05, 3.63) is 108 Å². The van der Waals surface area contributed by atoms with Crippen LogP contribution in [0.4, 0.5) is 0 Å². The Morgan fingerprint density at radius 3 is 1.59 bits per heavy atom. The summed E-state index contributed by atoms with van der Waals surface area (Å²) >= 11 is 0. The lowest BCUT2D eigenvalue weighted by atomic mass is 9.87. The second-order valence-corrected chi connectivity index (χ2v) is 13.0. The van der Waals surface area contributed by atoms with Gasteiger partial charge in [0.25, 0.3) is 0 Å². The number of hydrogen-bond acceptors (Lipinski definition) is 0. The van der Waals surface area contributed by atoms with Crippen molar-refractivity contribution in [2.75, 3.05) is 0 Å². The van der Waals surface area contributed by atoms with Gasteiger partial charge in [0, 0.05) is 0 Å². The van der Waals surface area contributed by atoms with Crippen LogP contribution in [0.25, 0.3) is 54.2 Å². The van der Waals surface area contributed by atoms with Gasteiger partial charge in [0.05, 0.1) is 0 Å². The van der Waals surface area contributed by atoms with E-state index in [2.05, 4.69) is 111 Å². The summed E-state index contributed by atoms with van der Waals surface area (Å²) in [5, 5.41) is 11.2. The Morgan fingerprint density at radius 2 is 0.909 bits per heavy atom. The molecule has 44 heavy (non-hydrogen) atoms. The predicted octanol–water partition coefficient (Wildman–Crippen LogP) is 13.8. The molecular formula is C44H50. The Morgan fingerprint density at radius 1 is 0.386 bits per heavy atom. The molecule has 0 heteroatoms. The Hall–Kier alpha value is -3.64. The first-order valence-corrected chi connectivity index (χ1v) is 17.7. The second-order valence-electron chi connectivity index (χ2n) is 13.0. The fourth-order valence-electron chi connectivity index (χ4n) is 7.50. The number of hydrogen-bond donors (Lipinski definition) is 0. The molecule has 0 bridgehead atoms. The van der Waals surface area contributed by atoms with E-state index in [1.54, 1.807) is 0 Å². The second kappa shape index (κ2) is 14.9. The highest BCUT2D eigenvalue weighted by Gasteiger charge is 2.14. The third kappa shape index (κ3) is 6.71. The number of unbranched alkanes of at least 4 members (excludes halogenated alkanes) is 10. The zero-order chi connectivity index (χ0) is 30.1. The van der Waals surface area contributed by atoms with Gasteiger partial charge in [0.15, 0.2) is 0 Å². The van der Waals surface area contributed by atoms with Gasteiger partial charge in [-0.25, -0.2) is 0 Å². The summed E-state index contributed by atoms with van der Waals surface area (Å²) < 4.78 is 0. The molecular weight excluding hydrogens is 528 g/mol. The topological polar surface area (TPSA) is 0 Å². The van der Waals surface area contributed by atoms with Crippen molar-refractivity contribution in [2.45, 2.75) is 104 Å². The van der Waals surface area contributed by atoms with E-state index in [4.69, 9.17) is 0 Å². The van der Waals surface area contributed by atoms with Gasteiger partial charge in [-0.15, -0.1) is 0 Å². The lowest BCUT2D eigenvalue weighted by Gasteiger charge is -2.17. The van der Waals surface area contributed by atoms with Crippen molar-refractivity contribution >= 4 is 43.1 Å². The van der Waals surface area contributed by atoms with Gasteiger partial charge in [-0.05, 0) is 109 Å². The van der Waals surface area contributed by atoms with E-state index < -0.39 is 0 Å². The van der Waals surface area contributed by atoms with Crippen LogP contribution >= 0.6 is 0 Å². The molecule has 0 aromatic heterocycles. The molecule has 0 aliphatic carbocycles. The predicted molar refractivity (Wildman–Crippen MR) is 196 cm³/mol. The molecule has 6 aromatic carbocycles. The van der Waals surface area contributed by atoms with Crippen LogP contribution in [0.1, 0.15) is 102 Å². The van der Waals surface area contributed by atoms with Gasteiger partial charge in [-0.3, -0.25) is 0 Å². The zero-order valence-corrected chi connectivity index (χ0v) is 27.1. The summed E-state index contributed by atoms with van der Waals surface area (Å²) in [6.07, 6.45) is 18.3. The Bertz CT molecular complexity index is 1840. The van der Waals surface area contributed by atoms with Crippen LogP contribution in [-0.4, -0.2) is 0 Å². The SMILES string of the molecule is CCCCCCCCc1c2ccccc2cc2cc(-c3cccc4cc5ccccc5c(CCCCCCCC)c34)ccc12. The molecule has 0 fully saturated rings. The monoisotopic (exact) mass is 578 g/mol. The van der Waals surface area contributed by atoms with Crippen molar-refractivity contribution < 1.29 is 0 Å². The highest BCUT2D eigenvalue weighted by Crippen LogP contribution is 2.39. The number of benzene rings is 6. The van der Waals surface area contributed by atoms with Gasteiger partial charge in [-0.2, -0.15) is 0 Å². The van der Waals surface area contributed by atoms with E-state index in [-0.39, 0.29) is 0 Å². The van der Waals surface area contributed by atoms with E-state index in [0.29, 0.717) is 0 Å². The summed E-state index contributed by atoms with van der Waals surface area (Å²) in [5.74, 6) is 0. The molecule has 0 atom stereocenters. The van der Waals surface area contributed by atoms with Crippen molar-refractivity contribution in [1.29, 1.82) is 0 Å². The largest absolute Gasteiger partial charge is 0.0654 e. The van der Waals surface area contributed by atoms with E-state index in [0.717, 1.165) is 12.8 Å². The molecule has 6 rings (SSSR count). The third-order valence-corrected chi connectivity index (χ3v) is 9.84. The minimum Gasteiger partial charge on any atom is -0.0654 e. The molecule has 0 spiro atoms. The molecule has 0 amide bonds. The van der Waals surface area contributed by atoms with Crippen LogP contribution < -0.4 is 0 Å². The summed E-state index contributed by atoms with van der Waals surface area (Å²) in [4.78, 5) is 0. The molecule has 0 radical (unpaired) electrons. The van der Waals surface area contributed by atoms with E-state index >= 15 is 0 Å². The van der Waals surface area contributed by atoms with Crippen molar-refractivity contribution in [2.24, 2.45) is 0 Å². The molecule has 0 unspecified atom stereocenters. The summed E-state index contributed by atoms with van der Waals surface area (Å²) in [6.45, 7) is 4.60. The van der Waals surface area contributed by atoms with Crippen molar-refractivity contribution in [3.63, 3.8) is 0 Å². The minimum atomic E-state index is 1.14. The first-order chi connectivity index (χ1) is 21.8. The van der Waals surface area contributed by atoms with Gasteiger partial charge in [0.1, 0.15) is 0 Å². The minimum absolute atomic E-state index is 1.14. The molecule has 0 aliphatic rings. The summed E-state index contributed by atoms with van der Waals surface area (Å²) in [7, 11) is 0. The van der Waals surface area contributed by atoms with Crippen LogP contribution in [0.3, 0.4) is 0 Å². The van der Waals surface area contributed by atoms with Crippen LogP contribution in [0.2, 0.25) is 0 Å².